The summed E-state index contributed by atoms with van der Waals surface area (Å²) in [5, 5.41) is 14.2. The molecule has 1 aliphatic rings. The van der Waals surface area contributed by atoms with Crippen LogP contribution in [0.5, 0.6) is 0 Å². The second-order valence-electron chi connectivity index (χ2n) is 4.56. The number of pyridine rings is 1. The van der Waals surface area contributed by atoms with Crippen molar-refractivity contribution in [3.05, 3.63) is 27.9 Å². The van der Waals surface area contributed by atoms with Gasteiger partial charge in [-0.15, -0.1) is 0 Å². The molecule has 1 N–H and O–H groups in total. The van der Waals surface area contributed by atoms with Gasteiger partial charge in [-0.25, -0.2) is 4.98 Å². The summed E-state index contributed by atoms with van der Waals surface area (Å²) in [6.45, 7) is 1.74. The number of rotatable bonds is 3. The Labute approximate surface area is 100 Å². The minimum atomic E-state index is -0.354. The minimum absolute atomic E-state index is 0.109. The highest BCUT2D eigenvalue weighted by Crippen LogP contribution is 2.28. The van der Waals surface area contributed by atoms with Gasteiger partial charge in [0.25, 0.3) is 0 Å². The van der Waals surface area contributed by atoms with Crippen molar-refractivity contribution < 1.29 is 4.92 Å². The van der Waals surface area contributed by atoms with Gasteiger partial charge in [0.05, 0.1) is 4.92 Å². The van der Waals surface area contributed by atoms with Crippen LogP contribution in [-0.4, -0.2) is 15.9 Å². The molecular weight excluding hydrogens is 218 g/mol. The molecule has 1 fully saturated rings. The normalized spacial score (nSPS) is 16.8. The van der Waals surface area contributed by atoms with Crippen molar-refractivity contribution in [2.75, 3.05) is 5.32 Å². The molecular formula is C12H17N3O2. The van der Waals surface area contributed by atoms with Crippen LogP contribution < -0.4 is 5.32 Å². The van der Waals surface area contributed by atoms with Crippen molar-refractivity contribution in [3.8, 4) is 0 Å². The molecule has 0 spiro atoms. The third-order valence-corrected chi connectivity index (χ3v) is 3.25. The zero-order valence-corrected chi connectivity index (χ0v) is 9.98. The SMILES string of the molecule is Cc1ccnc(NC2CCCCC2)c1[N+](=O)[O-]. The molecule has 5 nitrogen and oxygen atoms in total. The van der Waals surface area contributed by atoms with Crippen LogP contribution in [0.3, 0.4) is 0 Å². The molecule has 1 heterocycles. The maximum Gasteiger partial charge on any atom is 0.314 e. The van der Waals surface area contributed by atoms with Crippen molar-refractivity contribution in [1.29, 1.82) is 0 Å². The predicted molar refractivity (Wildman–Crippen MR) is 66.1 cm³/mol. The summed E-state index contributed by atoms with van der Waals surface area (Å²) >= 11 is 0. The van der Waals surface area contributed by atoms with Gasteiger partial charge in [0.2, 0.25) is 5.82 Å². The van der Waals surface area contributed by atoms with Crippen molar-refractivity contribution >= 4 is 11.5 Å². The number of aromatic nitrogens is 1. The van der Waals surface area contributed by atoms with Crippen LogP contribution in [0.25, 0.3) is 0 Å². The summed E-state index contributed by atoms with van der Waals surface area (Å²) in [5.41, 5.74) is 0.765. The van der Waals surface area contributed by atoms with Crippen LogP contribution in [0.1, 0.15) is 37.7 Å². The highest BCUT2D eigenvalue weighted by Gasteiger charge is 2.21. The number of aryl methyl sites for hydroxylation is 1. The third kappa shape index (κ3) is 2.72. The first kappa shape index (κ1) is 11.8. The topological polar surface area (TPSA) is 68.1 Å². The molecule has 2 rings (SSSR count). The minimum Gasteiger partial charge on any atom is -0.362 e. The standard InChI is InChI=1S/C12H17N3O2/c1-9-7-8-13-12(11(9)15(16)17)14-10-5-3-2-4-6-10/h7-8,10H,2-6H2,1H3,(H,13,14). The molecule has 1 aromatic heterocycles. The number of anilines is 1. The lowest BCUT2D eigenvalue weighted by atomic mass is 9.95. The van der Waals surface area contributed by atoms with Gasteiger partial charge >= 0.3 is 5.69 Å². The van der Waals surface area contributed by atoms with Crippen LogP contribution in [0.4, 0.5) is 11.5 Å². The molecule has 92 valence electrons. The number of nitrogens with one attached hydrogen (secondary N) is 1. The molecule has 0 atom stereocenters. The van der Waals surface area contributed by atoms with Crippen LogP contribution in [0.15, 0.2) is 12.3 Å². The van der Waals surface area contributed by atoms with Crippen molar-refractivity contribution in [2.24, 2.45) is 0 Å². The van der Waals surface area contributed by atoms with E-state index < -0.39 is 0 Å². The van der Waals surface area contributed by atoms with Gasteiger partial charge in [0, 0.05) is 17.8 Å². The lowest BCUT2D eigenvalue weighted by Crippen LogP contribution is -2.23. The zero-order valence-electron chi connectivity index (χ0n) is 9.98. The first-order chi connectivity index (χ1) is 8.18. The average molecular weight is 235 g/mol. The molecule has 0 aromatic carbocycles. The van der Waals surface area contributed by atoms with E-state index in [0.717, 1.165) is 12.8 Å². The molecule has 0 bridgehead atoms. The molecule has 0 amide bonds. The first-order valence-electron chi connectivity index (χ1n) is 6.05. The molecule has 0 unspecified atom stereocenters. The van der Waals surface area contributed by atoms with Crippen LogP contribution in [-0.2, 0) is 0 Å². The maximum atomic E-state index is 11.0. The molecule has 0 aliphatic heterocycles. The number of nitro groups is 1. The second-order valence-corrected chi connectivity index (χ2v) is 4.56. The molecule has 1 aliphatic carbocycles. The zero-order chi connectivity index (χ0) is 12.3. The van der Waals surface area contributed by atoms with Crippen LogP contribution >= 0.6 is 0 Å². The first-order valence-corrected chi connectivity index (χ1v) is 6.05. The number of hydrogen-bond donors (Lipinski definition) is 1. The highest BCUT2D eigenvalue weighted by molar-refractivity contribution is 5.60. The fourth-order valence-corrected chi connectivity index (χ4v) is 2.33. The second kappa shape index (κ2) is 5.12. The Balaban J connectivity index is 2.19. The Bertz CT molecular complexity index is 414. The van der Waals surface area contributed by atoms with Gasteiger partial charge in [-0.3, -0.25) is 10.1 Å². The Morgan fingerprint density at radius 1 is 1.41 bits per heavy atom. The summed E-state index contributed by atoms with van der Waals surface area (Å²) in [4.78, 5) is 14.8. The van der Waals surface area contributed by atoms with E-state index in [1.54, 1.807) is 19.2 Å². The van der Waals surface area contributed by atoms with E-state index in [1.165, 1.54) is 19.3 Å². The highest BCUT2D eigenvalue weighted by atomic mass is 16.6. The molecule has 0 radical (unpaired) electrons. The summed E-state index contributed by atoms with van der Waals surface area (Å²) in [6.07, 6.45) is 7.42. The van der Waals surface area contributed by atoms with Gasteiger partial charge in [-0.2, -0.15) is 0 Å². The van der Waals surface area contributed by atoms with Gasteiger partial charge in [-0.1, -0.05) is 19.3 Å². The monoisotopic (exact) mass is 235 g/mol. The van der Waals surface area contributed by atoms with Gasteiger partial charge in [-0.05, 0) is 25.8 Å². The third-order valence-electron chi connectivity index (χ3n) is 3.25. The fourth-order valence-electron chi connectivity index (χ4n) is 2.33. The number of hydrogen-bond acceptors (Lipinski definition) is 4. The summed E-state index contributed by atoms with van der Waals surface area (Å²) in [6, 6.07) is 2.00. The van der Waals surface area contributed by atoms with E-state index in [1.807, 2.05) is 0 Å². The largest absolute Gasteiger partial charge is 0.362 e. The summed E-state index contributed by atoms with van der Waals surface area (Å²) < 4.78 is 0. The van der Waals surface area contributed by atoms with E-state index in [4.69, 9.17) is 0 Å². The quantitative estimate of drug-likeness (QED) is 0.645. The van der Waals surface area contributed by atoms with Crippen molar-refractivity contribution in [3.63, 3.8) is 0 Å². The molecule has 0 saturated heterocycles. The van der Waals surface area contributed by atoms with Crippen molar-refractivity contribution in [2.45, 2.75) is 45.1 Å². The van der Waals surface area contributed by atoms with E-state index in [2.05, 4.69) is 10.3 Å². The molecule has 5 heteroatoms. The predicted octanol–water partition coefficient (Wildman–Crippen LogP) is 3.04. The lowest BCUT2D eigenvalue weighted by molar-refractivity contribution is -0.384. The van der Waals surface area contributed by atoms with Gasteiger partial charge in [0.15, 0.2) is 0 Å². The smallest absolute Gasteiger partial charge is 0.314 e. The Morgan fingerprint density at radius 2 is 2.12 bits per heavy atom. The van der Waals surface area contributed by atoms with Gasteiger partial charge in [0.1, 0.15) is 0 Å². The average Bonchev–Trinajstić information content (AvgIpc) is 2.30. The van der Waals surface area contributed by atoms with E-state index in [-0.39, 0.29) is 10.6 Å². The maximum absolute atomic E-state index is 11.0. The summed E-state index contributed by atoms with van der Waals surface area (Å²) in [7, 11) is 0. The number of nitrogens with zero attached hydrogens (tertiary/aromatic N) is 2. The van der Waals surface area contributed by atoms with Crippen LogP contribution in [0, 0.1) is 17.0 Å². The summed E-state index contributed by atoms with van der Waals surface area (Å²) in [5.74, 6) is 0.418. The van der Waals surface area contributed by atoms with E-state index in [9.17, 15) is 10.1 Å². The Morgan fingerprint density at radius 3 is 2.76 bits per heavy atom. The van der Waals surface area contributed by atoms with Gasteiger partial charge < -0.3 is 5.32 Å². The Hall–Kier alpha value is -1.65. The fraction of sp³-hybridized carbons (Fsp3) is 0.583. The van der Waals surface area contributed by atoms with E-state index in [0.29, 0.717) is 17.4 Å². The van der Waals surface area contributed by atoms with E-state index >= 15 is 0 Å². The molecule has 17 heavy (non-hydrogen) atoms. The molecule has 1 saturated carbocycles. The molecule has 1 aromatic rings. The lowest BCUT2D eigenvalue weighted by Gasteiger charge is -2.23. The van der Waals surface area contributed by atoms with Crippen molar-refractivity contribution in [1.82, 2.24) is 4.98 Å². The van der Waals surface area contributed by atoms with Crippen LogP contribution in [0.2, 0.25) is 0 Å². The Kier molecular flexibility index (Phi) is 3.56.